The largest absolute Gasteiger partial charge is 0.456 e. The fourth-order valence-corrected chi connectivity index (χ4v) is 3.02. The lowest BCUT2D eigenvalue weighted by Gasteiger charge is -2.16. The maximum absolute atomic E-state index is 12.2. The maximum Gasteiger partial charge on any atom is 0.325 e. The Morgan fingerprint density at radius 3 is 2.25 bits per heavy atom. The average molecular weight is 389 g/mol. The minimum atomic E-state index is -0.982. The predicted octanol–water partition coefficient (Wildman–Crippen LogP) is 2.01. The summed E-state index contributed by atoms with van der Waals surface area (Å²) >= 11 is 0. The van der Waals surface area contributed by atoms with Crippen LogP contribution in [0.15, 0.2) is 18.2 Å². The normalized spacial score (nSPS) is 15.4. The van der Waals surface area contributed by atoms with Gasteiger partial charge in [-0.2, -0.15) is 0 Å². The van der Waals surface area contributed by atoms with Crippen molar-refractivity contribution in [2.24, 2.45) is 0 Å². The Bertz CT molecular complexity index is 766. The Morgan fingerprint density at radius 1 is 1.14 bits per heavy atom. The first-order chi connectivity index (χ1) is 13.2. The number of nitrogens with zero attached hydrogens (tertiary/aromatic N) is 1. The molecule has 1 aliphatic rings. The van der Waals surface area contributed by atoms with Crippen molar-refractivity contribution in [3.63, 3.8) is 0 Å². The Labute approximate surface area is 164 Å². The van der Waals surface area contributed by atoms with Gasteiger partial charge in [0, 0.05) is 12.2 Å². The highest BCUT2D eigenvalue weighted by molar-refractivity contribution is 6.06. The van der Waals surface area contributed by atoms with Crippen LogP contribution >= 0.6 is 0 Å². The van der Waals surface area contributed by atoms with Crippen LogP contribution in [0.5, 0.6) is 0 Å². The number of carbonyl (C=O) groups excluding carboxylic acids is 4. The van der Waals surface area contributed by atoms with Gasteiger partial charge in [-0.15, -0.1) is 0 Å². The number of ether oxygens (including phenoxy) is 1. The maximum atomic E-state index is 12.2. The summed E-state index contributed by atoms with van der Waals surface area (Å²) in [7, 11) is 0. The van der Waals surface area contributed by atoms with Gasteiger partial charge in [-0.1, -0.05) is 32.0 Å². The molecule has 1 heterocycles. The molecule has 0 unspecified atom stereocenters. The topological polar surface area (TPSA) is 105 Å². The van der Waals surface area contributed by atoms with Gasteiger partial charge in [0.1, 0.15) is 5.54 Å². The van der Waals surface area contributed by atoms with E-state index in [4.69, 9.17) is 4.74 Å². The van der Waals surface area contributed by atoms with Crippen molar-refractivity contribution in [1.29, 1.82) is 0 Å². The smallest absolute Gasteiger partial charge is 0.325 e. The monoisotopic (exact) mass is 389 g/mol. The number of urea groups is 1. The molecule has 8 heteroatoms. The highest BCUT2D eigenvalue weighted by Gasteiger charge is 2.44. The predicted molar refractivity (Wildman–Crippen MR) is 104 cm³/mol. The quantitative estimate of drug-likeness (QED) is 0.523. The van der Waals surface area contributed by atoms with E-state index < -0.39 is 36.0 Å². The van der Waals surface area contributed by atoms with E-state index in [2.05, 4.69) is 10.6 Å². The third kappa shape index (κ3) is 4.88. The molecular weight excluding hydrogens is 362 g/mol. The van der Waals surface area contributed by atoms with Crippen LogP contribution in [0.1, 0.15) is 45.2 Å². The van der Waals surface area contributed by atoms with Crippen LogP contribution in [-0.2, 0) is 32.0 Å². The van der Waals surface area contributed by atoms with Crippen LogP contribution < -0.4 is 10.6 Å². The lowest BCUT2D eigenvalue weighted by atomic mass is 10.0. The molecule has 28 heavy (non-hydrogen) atoms. The summed E-state index contributed by atoms with van der Waals surface area (Å²) in [6, 6.07) is 5.30. The first-order valence-corrected chi connectivity index (χ1v) is 9.40. The number of amides is 4. The van der Waals surface area contributed by atoms with Crippen LogP contribution in [0, 0.1) is 0 Å². The molecule has 0 radical (unpaired) electrons. The number of para-hydroxylation sites is 1. The van der Waals surface area contributed by atoms with E-state index in [9.17, 15) is 19.2 Å². The number of rotatable bonds is 8. The second kappa shape index (κ2) is 8.86. The summed E-state index contributed by atoms with van der Waals surface area (Å²) in [6.07, 6.45) is 1.37. The average Bonchev–Trinajstić information content (AvgIpc) is 2.85. The second-order valence-electron chi connectivity index (χ2n) is 7.13. The number of carbonyl (C=O) groups is 4. The zero-order chi connectivity index (χ0) is 20.9. The second-order valence-corrected chi connectivity index (χ2v) is 7.13. The van der Waals surface area contributed by atoms with Crippen molar-refractivity contribution in [2.75, 3.05) is 18.5 Å². The van der Waals surface area contributed by atoms with Gasteiger partial charge in [-0.25, -0.2) is 4.79 Å². The summed E-state index contributed by atoms with van der Waals surface area (Å²) in [4.78, 5) is 48.9. The van der Waals surface area contributed by atoms with Crippen molar-refractivity contribution in [1.82, 2.24) is 10.2 Å². The number of aryl methyl sites for hydroxylation is 2. The fourth-order valence-electron chi connectivity index (χ4n) is 3.02. The van der Waals surface area contributed by atoms with Crippen molar-refractivity contribution < 1.29 is 23.9 Å². The SMILES string of the molecule is CCc1cccc(CC)c1NC(=O)COC(=O)CCN1C(=O)NC(C)(C)C1=O. The molecule has 0 aromatic heterocycles. The number of imide groups is 1. The Balaban J connectivity index is 1.84. The van der Waals surface area contributed by atoms with E-state index in [-0.39, 0.29) is 13.0 Å². The molecule has 0 bridgehead atoms. The Kier molecular flexibility index (Phi) is 6.77. The molecule has 1 aromatic carbocycles. The molecule has 0 atom stereocenters. The number of nitrogens with one attached hydrogen (secondary N) is 2. The summed E-state index contributed by atoms with van der Waals surface area (Å²) in [5.74, 6) is -1.48. The number of hydrogen-bond acceptors (Lipinski definition) is 5. The van der Waals surface area contributed by atoms with Gasteiger partial charge in [-0.05, 0) is 37.8 Å². The minimum absolute atomic E-state index is 0.0901. The molecular formula is C20H27N3O5. The van der Waals surface area contributed by atoms with E-state index >= 15 is 0 Å². The van der Waals surface area contributed by atoms with Gasteiger partial charge in [0.25, 0.3) is 11.8 Å². The van der Waals surface area contributed by atoms with Gasteiger partial charge in [0.15, 0.2) is 6.61 Å². The van der Waals surface area contributed by atoms with Crippen molar-refractivity contribution in [3.05, 3.63) is 29.3 Å². The number of anilines is 1. The van der Waals surface area contributed by atoms with E-state index in [0.717, 1.165) is 34.6 Å². The summed E-state index contributed by atoms with van der Waals surface area (Å²) in [5, 5.41) is 5.35. The fraction of sp³-hybridized carbons (Fsp3) is 0.500. The van der Waals surface area contributed by atoms with E-state index in [1.807, 2.05) is 32.0 Å². The molecule has 1 saturated heterocycles. The standard InChI is InChI=1S/C20H27N3O5/c1-5-13-8-7-9-14(6-2)17(13)21-15(24)12-28-16(25)10-11-23-18(26)20(3,4)22-19(23)27/h7-9H,5-6,10-12H2,1-4H3,(H,21,24)(H,22,27). The molecule has 4 amide bonds. The molecule has 0 saturated carbocycles. The summed E-state index contributed by atoms with van der Waals surface area (Å²) < 4.78 is 4.98. The van der Waals surface area contributed by atoms with Gasteiger partial charge < -0.3 is 15.4 Å². The Morgan fingerprint density at radius 2 is 1.75 bits per heavy atom. The third-order valence-electron chi connectivity index (χ3n) is 4.61. The minimum Gasteiger partial charge on any atom is -0.456 e. The Hall–Kier alpha value is -2.90. The third-order valence-corrected chi connectivity index (χ3v) is 4.61. The number of hydrogen-bond donors (Lipinski definition) is 2. The van der Waals surface area contributed by atoms with Crippen LogP contribution in [0.25, 0.3) is 0 Å². The van der Waals surface area contributed by atoms with Crippen LogP contribution in [-0.4, -0.2) is 47.4 Å². The van der Waals surface area contributed by atoms with Crippen molar-refractivity contribution in [3.8, 4) is 0 Å². The van der Waals surface area contributed by atoms with E-state index in [1.54, 1.807) is 13.8 Å². The highest BCUT2D eigenvalue weighted by atomic mass is 16.5. The lowest BCUT2D eigenvalue weighted by molar-refractivity contribution is -0.147. The highest BCUT2D eigenvalue weighted by Crippen LogP contribution is 2.22. The molecule has 0 spiro atoms. The molecule has 152 valence electrons. The van der Waals surface area contributed by atoms with Crippen molar-refractivity contribution in [2.45, 2.75) is 52.5 Å². The molecule has 8 nitrogen and oxygen atoms in total. The van der Waals surface area contributed by atoms with Crippen LogP contribution in [0.4, 0.5) is 10.5 Å². The lowest BCUT2D eigenvalue weighted by Crippen LogP contribution is -2.40. The van der Waals surface area contributed by atoms with E-state index in [0.29, 0.717) is 0 Å². The van der Waals surface area contributed by atoms with Gasteiger partial charge in [-0.3, -0.25) is 19.3 Å². The molecule has 1 aromatic rings. The molecule has 1 fully saturated rings. The van der Waals surface area contributed by atoms with E-state index in [1.165, 1.54) is 0 Å². The van der Waals surface area contributed by atoms with Gasteiger partial charge in [0.2, 0.25) is 0 Å². The molecule has 2 rings (SSSR count). The zero-order valence-electron chi connectivity index (χ0n) is 16.8. The van der Waals surface area contributed by atoms with Crippen LogP contribution in [0.2, 0.25) is 0 Å². The number of benzene rings is 1. The zero-order valence-corrected chi connectivity index (χ0v) is 16.8. The summed E-state index contributed by atoms with van der Waals surface area (Å²) in [6.45, 7) is 6.67. The molecule has 2 N–H and O–H groups in total. The molecule has 0 aliphatic carbocycles. The number of esters is 1. The van der Waals surface area contributed by atoms with Gasteiger partial charge >= 0.3 is 12.0 Å². The van der Waals surface area contributed by atoms with Crippen LogP contribution in [0.3, 0.4) is 0 Å². The van der Waals surface area contributed by atoms with Crippen molar-refractivity contribution >= 4 is 29.5 Å². The molecule has 1 aliphatic heterocycles. The first-order valence-electron chi connectivity index (χ1n) is 9.40. The van der Waals surface area contributed by atoms with Gasteiger partial charge in [0.05, 0.1) is 6.42 Å². The summed E-state index contributed by atoms with van der Waals surface area (Å²) in [5.41, 5.74) is 1.81. The first kappa shape index (κ1) is 21.4.